The maximum atomic E-state index is 12.2. The number of benzene rings is 3. The van der Waals surface area contributed by atoms with Crippen molar-refractivity contribution >= 4 is 46.0 Å². The van der Waals surface area contributed by atoms with Crippen LogP contribution in [0.25, 0.3) is 11.1 Å². The van der Waals surface area contributed by atoms with Gasteiger partial charge in [0.15, 0.2) is 0 Å². The van der Waals surface area contributed by atoms with Gasteiger partial charge in [0.2, 0.25) is 11.8 Å². The summed E-state index contributed by atoms with van der Waals surface area (Å²) in [5.74, 6) is -0.169. The number of hydrogen-bond acceptors (Lipinski definition) is 6. The molecule has 5 amide bonds. The topological polar surface area (TPSA) is 99.7 Å². The highest BCUT2D eigenvalue weighted by Crippen LogP contribution is 2.55. The fourth-order valence-electron chi connectivity index (χ4n) is 10.0. The highest BCUT2D eigenvalue weighted by atomic mass is 32.2. The second kappa shape index (κ2) is 15.1. The lowest BCUT2D eigenvalue weighted by atomic mass is 9.55. The average molecular weight is 833 g/mol. The number of pyridine rings is 1. The lowest BCUT2D eigenvalue weighted by Gasteiger charge is -2.49. The van der Waals surface area contributed by atoms with Crippen molar-refractivity contribution in [1.82, 2.24) is 20.1 Å². The van der Waals surface area contributed by atoms with E-state index >= 15 is 0 Å². The molecule has 314 valence electrons. The van der Waals surface area contributed by atoms with Crippen molar-refractivity contribution in [2.75, 3.05) is 12.3 Å². The van der Waals surface area contributed by atoms with Crippen LogP contribution in [0.3, 0.4) is 0 Å². The van der Waals surface area contributed by atoms with E-state index in [0.29, 0.717) is 0 Å². The van der Waals surface area contributed by atoms with Crippen LogP contribution in [-0.4, -0.2) is 50.2 Å². The molecule has 61 heavy (non-hydrogen) atoms. The van der Waals surface area contributed by atoms with E-state index < -0.39 is 0 Å². The minimum Gasteiger partial charge on any atom is -0.329 e. The zero-order valence-corrected chi connectivity index (χ0v) is 37.6. The minimum absolute atomic E-state index is 0.0192. The van der Waals surface area contributed by atoms with Crippen LogP contribution in [-0.2, 0) is 44.3 Å². The molecule has 0 spiro atoms. The summed E-state index contributed by atoms with van der Waals surface area (Å²) in [4.78, 5) is 56.0. The van der Waals surface area contributed by atoms with Gasteiger partial charge < -0.3 is 5.32 Å². The fourth-order valence-corrected chi connectivity index (χ4v) is 10.7. The SMILES string of the molecule is C=C(c1ccc(CN2C(=O)CSC2=O)cc1)c1cc2c(cc1C)C(C)(C)CCC2(C)CC1(C)C=CC(C)(C)c2cc(C(=C)c3ccc(CN4C(=O)CNC4=O)cn3)c(C)cc21. The summed E-state index contributed by atoms with van der Waals surface area (Å²) >= 11 is 1.06. The second-order valence-corrected chi connectivity index (χ2v) is 20.3. The van der Waals surface area contributed by atoms with Gasteiger partial charge in [0.05, 0.1) is 31.1 Å². The molecule has 9 heteroatoms. The number of imide groups is 2. The van der Waals surface area contributed by atoms with Crippen molar-refractivity contribution in [3.05, 3.63) is 159 Å². The number of allylic oxidation sites excluding steroid dienone is 2. The van der Waals surface area contributed by atoms with E-state index in [1.807, 2.05) is 24.3 Å². The lowest BCUT2D eigenvalue weighted by molar-refractivity contribution is -0.126. The molecule has 4 aliphatic rings. The maximum Gasteiger partial charge on any atom is 0.324 e. The highest BCUT2D eigenvalue weighted by Gasteiger charge is 2.46. The van der Waals surface area contributed by atoms with Crippen LogP contribution in [0.15, 0.2) is 92.2 Å². The molecule has 2 atom stereocenters. The van der Waals surface area contributed by atoms with Gasteiger partial charge in [-0.15, -0.1) is 0 Å². The van der Waals surface area contributed by atoms with E-state index in [1.54, 1.807) is 6.20 Å². The van der Waals surface area contributed by atoms with Crippen molar-refractivity contribution < 1.29 is 19.2 Å². The Balaban J connectivity index is 1.09. The van der Waals surface area contributed by atoms with Gasteiger partial charge >= 0.3 is 6.03 Å². The molecule has 3 heterocycles. The Bertz CT molecular complexity index is 2550. The number of amides is 5. The predicted octanol–water partition coefficient (Wildman–Crippen LogP) is 10.6. The van der Waals surface area contributed by atoms with E-state index in [0.717, 1.165) is 81.2 Å². The van der Waals surface area contributed by atoms with Crippen molar-refractivity contribution in [3.8, 4) is 0 Å². The summed E-state index contributed by atoms with van der Waals surface area (Å²) in [5.41, 5.74) is 14.6. The molecule has 2 aliphatic heterocycles. The number of fused-ring (bicyclic) bond motifs is 2. The van der Waals surface area contributed by atoms with Gasteiger partial charge in [-0.1, -0.05) is 127 Å². The van der Waals surface area contributed by atoms with Crippen molar-refractivity contribution in [2.45, 2.75) is 109 Å². The summed E-state index contributed by atoms with van der Waals surface area (Å²) in [7, 11) is 0. The molecule has 0 saturated carbocycles. The van der Waals surface area contributed by atoms with E-state index in [1.165, 1.54) is 37.6 Å². The molecule has 1 N–H and O–H groups in total. The first-order chi connectivity index (χ1) is 28.7. The van der Waals surface area contributed by atoms with Crippen molar-refractivity contribution in [3.63, 3.8) is 0 Å². The van der Waals surface area contributed by atoms with Crippen LogP contribution in [0.4, 0.5) is 9.59 Å². The summed E-state index contributed by atoms with van der Waals surface area (Å²) in [6, 6.07) is 21.1. The molecular formula is C52H56N4O4S. The molecule has 0 bridgehead atoms. The van der Waals surface area contributed by atoms with E-state index in [9.17, 15) is 19.2 Å². The van der Waals surface area contributed by atoms with Gasteiger partial charge in [0, 0.05) is 22.6 Å². The van der Waals surface area contributed by atoms with Crippen LogP contribution >= 0.6 is 11.8 Å². The van der Waals surface area contributed by atoms with E-state index in [4.69, 9.17) is 4.98 Å². The van der Waals surface area contributed by atoms with Crippen LogP contribution < -0.4 is 5.32 Å². The molecule has 2 fully saturated rings. The number of aromatic nitrogens is 1. The predicted molar refractivity (Wildman–Crippen MR) is 245 cm³/mol. The smallest absolute Gasteiger partial charge is 0.324 e. The highest BCUT2D eigenvalue weighted by molar-refractivity contribution is 8.14. The number of carbonyl (C=O) groups excluding carboxylic acids is 4. The van der Waals surface area contributed by atoms with Gasteiger partial charge in [-0.05, 0) is 123 Å². The Hall–Kier alpha value is -5.54. The van der Waals surface area contributed by atoms with Crippen LogP contribution in [0.5, 0.6) is 0 Å². The lowest BCUT2D eigenvalue weighted by Crippen LogP contribution is -2.42. The molecule has 1 aromatic heterocycles. The number of nitrogens with one attached hydrogen (secondary N) is 1. The number of urea groups is 1. The Morgan fingerprint density at radius 3 is 1.98 bits per heavy atom. The third-order valence-electron chi connectivity index (χ3n) is 13.9. The Kier molecular flexibility index (Phi) is 10.5. The first kappa shape index (κ1) is 42.2. The summed E-state index contributed by atoms with van der Waals surface area (Å²) in [6.45, 7) is 28.2. The average Bonchev–Trinajstić information content (AvgIpc) is 3.71. The third-order valence-corrected chi connectivity index (χ3v) is 14.7. The first-order valence-corrected chi connectivity index (χ1v) is 22.2. The Labute approximate surface area is 364 Å². The van der Waals surface area contributed by atoms with Crippen molar-refractivity contribution in [1.29, 1.82) is 0 Å². The summed E-state index contributed by atoms with van der Waals surface area (Å²) in [5, 5.41) is 2.38. The molecule has 4 aromatic rings. The van der Waals surface area contributed by atoms with Crippen molar-refractivity contribution in [2.24, 2.45) is 0 Å². The second-order valence-electron chi connectivity index (χ2n) is 19.4. The summed E-state index contributed by atoms with van der Waals surface area (Å²) in [6.07, 6.45) is 9.63. The molecule has 2 unspecified atom stereocenters. The quantitative estimate of drug-likeness (QED) is 0.126. The summed E-state index contributed by atoms with van der Waals surface area (Å²) < 4.78 is 0. The minimum atomic E-state index is -0.379. The van der Waals surface area contributed by atoms with Crippen LogP contribution in [0.1, 0.15) is 128 Å². The monoisotopic (exact) mass is 832 g/mol. The van der Waals surface area contributed by atoms with Crippen LogP contribution in [0.2, 0.25) is 0 Å². The largest absolute Gasteiger partial charge is 0.329 e. The van der Waals surface area contributed by atoms with Gasteiger partial charge in [-0.2, -0.15) is 0 Å². The van der Waals surface area contributed by atoms with Gasteiger partial charge in [-0.3, -0.25) is 29.2 Å². The van der Waals surface area contributed by atoms with Crippen LogP contribution in [0, 0.1) is 13.8 Å². The molecule has 8 nitrogen and oxygen atoms in total. The number of hydrogen-bond donors (Lipinski definition) is 1. The number of rotatable bonds is 10. The molecule has 2 saturated heterocycles. The Morgan fingerprint density at radius 1 is 0.721 bits per heavy atom. The van der Waals surface area contributed by atoms with Gasteiger partial charge in [-0.25, -0.2) is 4.79 Å². The van der Waals surface area contributed by atoms with Gasteiger partial charge in [0.25, 0.3) is 5.24 Å². The zero-order chi connectivity index (χ0) is 43.8. The fraction of sp³-hybridized carbons (Fsp3) is 0.365. The third kappa shape index (κ3) is 7.60. The molecular weight excluding hydrogens is 777 g/mol. The Morgan fingerprint density at radius 2 is 1.36 bits per heavy atom. The molecule has 2 aliphatic carbocycles. The number of carbonyl (C=O) groups is 4. The zero-order valence-electron chi connectivity index (χ0n) is 36.8. The number of thioether (sulfide) groups is 1. The number of aryl methyl sites for hydroxylation is 2. The molecule has 0 radical (unpaired) electrons. The first-order valence-electron chi connectivity index (χ1n) is 21.2. The number of nitrogens with zero attached hydrogens (tertiary/aromatic N) is 3. The molecule has 3 aromatic carbocycles. The van der Waals surface area contributed by atoms with E-state index in [-0.39, 0.29) is 70.1 Å². The van der Waals surface area contributed by atoms with Gasteiger partial charge in [0.1, 0.15) is 0 Å². The van der Waals surface area contributed by atoms with E-state index in [2.05, 4.69) is 122 Å². The standard InChI is InChI=1S/C52H56N4O4S/c1-31-21-40-43(24-38(31)33(3)37-14-11-35(12-15-37)27-56-46(58)29-61-48(56)60)52(10,20-17-49(40,5)6)30-51(9)19-18-50(7,8)41-23-39(32(2)22-42(41)51)34(4)44-16-13-36(25-53-44)28-55-45(57)26-54-47(55)59/h11-16,18-19,21-25H,3-4,17,20,26-30H2,1-2,5-10H3,(H,54,59). The normalized spacial score (nSPS) is 22.6. The maximum absolute atomic E-state index is 12.2. The molecule has 8 rings (SSSR count).